The normalized spacial score (nSPS) is 26.6. The summed E-state index contributed by atoms with van der Waals surface area (Å²) in [5.41, 5.74) is 3.71. The van der Waals surface area contributed by atoms with Gasteiger partial charge in [0.15, 0.2) is 0 Å². The number of amides is 3. The van der Waals surface area contributed by atoms with Crippen molar-refractivity contribution in [3.05, 3.63) is 127 Å². The smallest absolute Gasteiger partial charge is 0.248 e. The largest absolute Gasteiger partial charge is 0.457 e. The molecule has 9 rings (SSSR count). The second-order valence-electron chi connectivity index (χ2n) is 12.4. The third kappa shape index (κ3) is 4.62. The number of anilines is 1. The highest BCUT2D eigenvalue weighted by atomic mass is 16.5. The number of carbonyl (C=O) groups excluding carboxylic acids is 3. The zero-order valence-corrected chi connectivity index (χ0v) is 24.1. The number of hydrogen-bond acceptors (Lipinski definition) is 4. The second kappa shape index (κ2) is 10.6. The van der Waals surface area contributed by atoms with Crippen molar-refractivity contribution >= 4 is 23.4 Å². The molecule has 3 amide bonds. The first-order valence-corrected chi connectivity index (χ1v) is 15.4. The summed E-state index contributed by atoms with van der Waals surface area (Å²) in [6.45, 7) is 0. The van der Waals surface area contributed by atoms with Crippen LogP contribution in [0.1, 0.15) is 12.0 Å². The Morgan fingerprint density at radius 3 is 1.82 bits per heavy atom. The summed E-state index contributed by atoms with van der Waals surface area (Å²) < 4.78 is 6.04. The van der Waals surface area contributed by atoms with Gasteiger partial charge in [-0.05, 0) is 83.2 Å². The van der Waals surface area contributed by atoms with Gasteiger partial charge in [0.2, 0.25) is 17.7 Å². The van der Waals surface area contributed by atoms with E-state index in [1.54, 1.807) is 24.3 Å². The monoisotopic (exact) mass is 580 g/mol. The van der Waals surface area contributed by atoms with E-state index in [9.17, 15) is 14.4 Å². The van der Waals surface area contributed by atoms with Crippen molar-refractivity contribution < 1.29 is 19.1 Å². The van der Waals surface area contributed by atoms with Crippen LogP contribution < -0.4 is 10.1 Å². The van der Waals surface area contributed by atoms with Crippen LogP contribution in [0.25, 0.3) is 11.1 Å². The molecule has 3 fully saturated rings. The Hall–Kier alpha value is -4.97. The number of likely N-dealkylation sites (tertiary alicyclic amines) is 1. The summed E-state index contributed by atoms with van der Waals surface area (Å²) in [7, 11) is 0. The van der Waals surface area contributed by atoms with E-state index in [1.807, 2.05) is 72.8 Å². The molecule has 218 valence electrons. The lowest BCUT2D eigenvalue weighted by molar-refractivity contribution is -0.146. The maximum absolute atomic E-state index is 13.9. The molecule has 2 bridgehead atoms. The lowest BCUT2D eigenvalue weighted by Crippen LogP contribution is -2.49. The van der Waals surface area contributed by atoms with Gasteiger partial charge in [0.05, 0.1) is 11.8 Å². The van der Waals surface area contributed by atoms with Crippen LogP contribution in [-0.2, 0) is 20.8 Å². The van der Waals surface area contributed by atoms with Gasteiger partial charge in [0.25, 0.3) is 0 Å². The minimum Gasteiger partial charge on any atom is -0.457 e. The molecule has 2 saturated carbocycles. The molecule has 6 heteroatoms. The Labute approximate surface area is 256 Å². The van der Waals surface area contributed by atoms with E-state index in [2.05, 4.69) is 29.6 Å². The average molecular weight is 581 g/mol. The van der Waals surface area contributed by atoms with E-state index < -0.39 is 6.04 Å². The van der Waals surface area contributed by atoms with Gasteiger partial charge in [0.1, 0.15) is 17.5 Å². The molecule has 4 aromatic carbocycles. The van der Waals surface area contributed by atoms with Crippen molar-refractivity contribution in [1.29, 1.82) is 0 Å². The third-order valence-electron chi connectivity index (χ3n) is 9.90. The molecule has 7 atom stereocenters. The van der Waals surface area contributed by atoms with Gasteiger partial charge in [-0.25, -0.2) is 0 Å². The third-order valence-corrected chi connectivity index (χ3v) is 9.90. The molecule has 4 aromatic rings. The number of nitrogens with one attached hydrogen (secondary N) is 1. The fraction of sp³-hybridized carbons (Fsp3) is 0.237. The fourth-order valence-electron chi connectivity index (χ4n) is 7.74. The number of rotatable bonds is 8. The topological polar surface area (TPSA) is 75.7 Å². The summed E-state index contributed by atoms with van der Waals surface area (Å²) in [4.78, 5) is 42.9. The molecular formula is C38H32N2O4. The van der Waals surface area contributed by atoms with Crippen molar-refractivity contribution in [2.24, 2.45) is 35.5 Å². The fourth-order valence-corrected chi connectivity index (χ4v) is 7.74. The SMILES string of the molecule is O=C(Nc1ccc(Oc2ccc(-c3ccccc3)cc2)cc1)[C@H](Cc1ccccc1)N1C(=O)[C@@H]2[C@H]3C=C[C@@H]([C@@H]4C[C@@H]34)[C@H]2C1=O. The van der Waals surface area contributed by atoms with Crippen LogP contribution in [0.3, 0.4) is 0 Å². The van der Waals surface area contributed by atoms with E-state index in [-0.39, 0.29) is 47.8 Å². The lowest BCUT2D eigenvalue weighted by Gasteiger charge is -2.37. The highest BCUT2D eigenvalue weighted by molar-refractivity contribution is 6.10. The predicted octanol–water partition coefficient (Wildman–Crippen LogP) is 6.75. The number of carbonyl (C=O) groups is 3. The molecule has 1 saturated heterocycles. The standard InChI is InChI=1S/C38H32N2O4/c41-36(39-26-13-17-28(18-14-26)44-27-15-11-25(12-16-27)24-9-5-2-6-10-24)33(21-23-7-3-1-4-8-23)40-37(42)34-29-19-20-30(32-22-31(29)32)35(34)38(40)43/h1-20,29-35H,21-22H2,(H,39,41)/t29-,30-,31-,32-,33-,34+,35+/m0/s1. The Kier molecular flexibility index (Phi) is 6.44. The molecule has 6 nitrogen and oxygen atoms in total. The van der Waals surface area contributed by atoms with Gasteiger partial charge in [-0.3, -0.25) is 19.3 Å². The van der Waals surface area contributed by atoms with Crippen LogP contribution in [0, 0.1) is 35.5 Å². The Morgan fingerprint density at radius 2 is 1.23 bits per heavy atom. The molecule has 1 aliphatic heterocycles. The zero-order chi connectivity index (χ0) is 29.8. The number of ether oxygens (including phenoxy) is 1. The van der Waals surface area contributed by atoms with E-state index >= 15 is 0 Å². The predicted molar refractivity (Wildman–Crippen MR) is 168 cm³/mol. The first-order valence-electron chi connectivity index (χ1n) is 15.4. The van der Waals surface area contributed by atoms with Crippen LogP contribution in [0.15, 0.2) is 121 Å². The minimum atomic E-state index is -0.933. The number of imide groups is 1. The summed E-state index contributed by atoms with van der Waals surface area (Å²) in [5.74, 6) is 1.13. The molecule has 4 aliphatic carbocycles. The van der Waals surface area contributed by atoms with Crippen LogP contribution in [-0.4, -0.2) is 28.7 Å². The highest BCUT2D eigenvalue weighted by Crippen LogP contribution is 2.65. The zero-order valence-electron chi connectivity index (χ0n) is 24.1. The Bertz CT molecular complexity index is 1710. The minimum absolute atomic E-state index is 0.110. The van der Waals surface area contributed by atoms with Gasteiger partial charge in [-0.2, -0.15) is 0 Å². The molecule has 1 N–H and O–H groups in total. The number of benzene rings is 4. The summed E-state index contributed by atoms with van der Waals surface area (Å²) in [6, 6.07) is 33.8. The maximum Gasteiger partial charge on any atom is 0.248 e. The molecule has 5 aliphatic rings. The maximum atomic E-state index is 13.9. The number of hydrogen-bond donors (Lipinski definition) is 1. The second-order valence-corrected chi connectivity index (χ2v) is 12.4. The van der Waals surface area contributed by atoms with E-state index in [1.165, 1.54) is 4.90 Å². The lowest BCUT2D eigenvalue weighted by atomic mass is 9.63. The highest BCUT2D eigenvalue weighted by Gasteiger charge is 2.67. The number of allylic oxidation sites excluding steroid dienone is 2. The van der Waals surface area contributed by atoms with Crippen molar-refractivity contribution in [2.75, 3.05) is 5.32 Å². The number of nitrogens with zero attached hydrogens (tertiary/aromatic N) is 1. The van der Waals surface area contributed by atoms with Gasteiger partial charge < -0.3 is 10.1 Å². The Balaban J connectivity index is 0.991. The first-order chi connectivity index (χ1) is 21.5. The summed E-state index contributed by atoms with van der Waals surface area (Å²) in [6.07, 6.45) is 5.67. The van der Waals surface area contributed by atoms with Crippen LogP contribution in [0.5, 0.6) is 11.5 Å². The van der Waals surface area contributed by atoms with E-state index in [0.29, 0.717) is 29.0 Å². The van der Waals surface area contributed by atoms with Crippen LogP contribution in [0.2, 0.25) is 0 Å². The molecule has 0 radical (unpaired) electrons. The summed E-state index contributed by atoms with van der Waals surface area (Å²) >= 11 is 0. The molecular weight excluding hydrogens is 548 g/mol. The van der Waals surface area contributed by atoms with Gasteiger partial charge in [-0.1, -0.05) is 84.9 Å². The molecule has 0 unspecified atom stereocenters. The van der Waals surface area contributed by atoms with E-state index in [4.69, 9.17) is 4.74 Å². The van der Waals surface area contributed by atoms with Crippen molar-refractivity contribution in [1.82, 2.24) is 4.90 Å². The van der Waals surface area contributed by atoms with Gasteiger partial charge >= 0.3 is 0 Å². The molecule has 1 heterocycles. The first kappa shape index (κ1) is 26.6. The van der Waals surface area contributed by atoms with Crippen molar-refractivity contribution in [2.45, 2.75) is 18.9 Å². The van der Waals surface area contributed by atoms with Crippen molar-refractivity contribution in [3.63, 3.8) is 0 Å². The Morgan fingerprint density at radius 1 is 0.705 bits per heavy atom. The summed E-state index contributed by atoms with van der Waals surface area (Å²) in [5, 5.41) is 2.98. The van der Waals surface area contributed by atoms with E-state index in [0.717, 1.165) is 23.1 Å². The quantitative estimate of drug-likeness (QED) is 0.185. The van der Waals surface area contributed by atoms with Gasteiger partial charge in [-0.15, -0.1) is 0 Å². The van der Waals surface area contributed by atoms with Crippen LogP contribution in [0.4, 0.5) is 5.69 Å². The molecule has 0 aromatic heterocycles. The van der Waals surface area contributed by atoms with Crippen molar-refractivity contribution in [3.8, 4) is 22.6 Å². The molecule has 44 heavy (non-hydrogen) atoms. The molecule has 0 spiro atoms. The average Bonchev–Trinajstić information content (AvgIpc) is 3.85. The van der Waals surface area contributed by atoms with Gasteiger partial charge in [0, 0.05) is 12.1 Å². The van der Waals surface area contributed by atoms with Crippen LogP contribution >= 0.6 is 0 Å².